The van der Waals surface area contributed by atoms with Crippen molar-refractivity contribution in [3.63, 3.8) is 0 Å². The zero-order valence-electron chi connectivity index (χ0n) is 13.4. The Balaban J connectivity index is 3.02. The Labute approximate surface area is 114 Å². The molecule has 0 fully saturated rings. The molecule has 0 bridgehead atoms. The van der Waals surface area contributed by atoms with Crippen LogP contribution in [0.1, 0.15) is 67.7 Å². The highest BCUT2D eigenvalue weighted by Crippen LogP contribution is 2.41. The summed E-state index contributed by atoms with van der Waals surface area (Å²) in [6.45, 7) is 16.0. The van der Waals surface area contributed by atoms with E-state index in [4.69, 9.17) is 0 Å². The van der Waals surface area contributed by atoms with E-state index in [1.165, 1.54) is 24.8 Å². The maximum atomic E-state index is 2.38. The van der Waals surface area contributed by atoms with E-state index in [0.717, 1.165) is 0 Å². The summed E-state index contributed by atoms with van der Waals surface area (Å²) in [4.78, 5) is 0. The Hall–Kier alpha value is -0.780. The van der Waals surface area contributed by atoms with E-state index in [0.29, 0.717) is 5.41 Å². The molecular formula is C18H30. The van der Waals surface area contributed by atoms with Crippen molar-refractivity contribution >= 4 is 0 Å². The molecule has 0 heteroatoms. The van der Waals surface area contributed by atoms with Crippen molar-refractivity contribution in [2.24, 2.45) is 10.8 Å². The molecule has 1 aliphatic carbocycles. The van der Waals surface area contributed by atoms with Gasteiger partial charge in [0.05, 0.1) is 0 Å². The minimum atomic E-state index is 0.235. The van der Waals surface area contributed by atoms with Gasteiger partial charge in [-0.2, -0.15) is 0 Å². The lowest BCUT2D eigenvalue weighted by atomic mass is 9.72. The summed E-state index contributed by atoms with van der Waals surface area (Å²) in [6, 6.07) is 0. The van der Waals surface area contributed by atoms with Gasteiger partial charge in [-0.1, -0.05) is 58.4 Å². The maximum absolute atomic E-state index is 2.38. The second-order valence-corrected chi connectivity index (χ2v) is 7.26. The highest BCUT2D eigenvalue weighted by atomic mass is 14.3. The van der Waals surface area contributed by atoms with Crippen LogP contribution in [0.3, 0.4) is 0 Å². The van der Waals surface area contributed by atoms with Gasteiger partial charge in [-0.15, -0.1) is 0 Å². The number of allylic oxidation sites excluding steroid dienone is 6. The Bertz CT molecular complexity index is 381. The monoisotopic (exact) mass is 246 g/mol. The molecule has 1 aliphatic rings. The molecule has 0 atom stereocenters. The van der Waals surface area contributed by atoms with E-state index < -0.39 is 0 Å². The number of rotatable bonds is 2. The molecule has 0 aromatic carbocycles. The van der Waals surface area contributed by atoms with Gasteiger partial charge >= 0.3 is 0 Å². The molecule has 0 radical (unpaired) electrons. The largest absolute Gasteiger partial charge is 0.0839 e. The van der Waals surface area contributed by atoms with Gasteiger partial charge in [0.2, 0.25) is 0 Å². The summed E-state index contributed by atoms with van der Waals surface area (Å²) in [6.07, 6.45) is 10.9. The van der Waals surface area contributed by atoms with Crippen LogP contribution >= 0.6 is 0 Å². The van der Waals surface area contributed by atoms with Crippen molar-refractivity contribution in [2.75, 3.05) is 0 Å². The lowest BCUT2D eigenvalue weighted by molar-refractivity contribution is 0.376. The zero-order valence-corrected chi connectivity index (χ0v) is 13.4. The molecule has 0 aromatic rings. The maximum Gasteiger partial charge on any atom is -0.0104 e. The number of hydrogen-bond acceptors (Lipinski definition) is 0. The average Bonchev–Trinajstić information content (AvgIpc) is 2.20. The molecule has 0 spiro atoms. The molecule has 0 saturated heterocycles. The fraction of sp³-hybridized carbons (Fsp3) is 0.667. The molecule has 0 amide bonds. The molecule has 0 aliphatic heterocycles. The van der Waals surface area contributed by atoms with E-state index in [2.05, 4.69) is 66.7 Å². The second-order valence-electron chi connectivity index (χ2n) is 7.26. The third kappa shape index (κ3) is 3.60. The van der Waals surface area contributed by atoms with Gasteiger partial charge in [0, 0.05) is 0 Å². The Morgan fingerprint density at radius 1 is 1.22 bits per heavy atom. The molecule has 0 saturated carbocycles. The first-order valence-corrected chi connectivity index (χ1v) is 7.23. The molecule has 0 aromatic heterocycles. The Morgan fingerprint density at radius 2 is 1.83 bits per heavy atom. The van der Waals surface area contributed by atoms with Gasteiger partial charge in [-0.05, 0) is 55.1 Å². The predicted molar refractivity (Wildman–Crippen MR) is 82.7 cm³/mol. The lowest BCUT2D eigenvalue weighted by Gasteiger charge is -2.33. The van der Waals surface area contributed by atoms with Gasteiger partial charge in [0.15, 0.2) is 0 Å². The molecule has 18 heavy (non-hydrogen) atoms. The third-order valence-electron chi connectivity index (χ3n) is 4.15. The van der Waals surface area contributed by atoms with Crippen molar-refractivity contribution in [1.82, 2.24) is 0 Å². The van der Waals surface area contributed by atoms with E-state index >= 15 is 0 Å². The van der Waals surface area contributed by atoms with Crippen LogP contribution in [0.25, 0.3) is 0 Å². The summed E-state index contributed by atoms with van der Waals surface area (Å²) < 4.78 is 0. The van der Waals surface area contributed by atoms with E-state index in [-0.39, 0.29) is 5.41 Å². The first-order chi connectivity index (χ1) is 8.18. The van der Waals surface area contributed by atoms with Crippen LogP contribution in [0.2, 0.25) is 0 Å². The van der Waals surface area contributed by atoms with E-state index in [9.17, 15) is 0 Å². The van der Waals surface area contributed by atoms with Gasteiger partial charge < -0.3 is 0 Å². The molecule has 0 N–H and O–H groups in total. The van der Waals surface area contributed by atoms with E-state index in [1.807, 2.05) is 0 Å². The van der Waals surface area contributed by atoms with E-state index in [1.54, 1.807) is 11.1 Å². The smallest absolute Gasteiger partial charge is 0.0104 e. The molecule has 0 unspecified atom stereocenters. The van der Waals surface area contributed by atoms with Gasteiger partial charge in [0.1, 0.15) is 0 Å². The summed E-state index contributed by atoms with van der Waals surface area (Å²) in [5.74, 6) is 0. The summed E-state index contributed by atoms with van der Waals surface area (Å²) in [5, 5.41) is 0. The average molecular weight is 246 g/mol. The molecule has 0 heterocycles. The minimum absolute atomic E-state index is 0.235. The highest BCUT2D eigenvalue weighted by molar-refractivity contribution is 5.37. The standard InChI is InChI=1S/C18H30/c1-8-15(17(3,4)5)11-12-16-14(2)10-9-13-18(16,6)7/h8,11-12H,9-10,13H2,1-7H3/b12-11+,15-8-. The SMILES string of the molecule is C/C=C(/C=C/C1=C(C)CCCC1(C)C)C(C)(C)C. The molecule has 1 rings (SSSR count). The second kappa shape index (κ2) is 5.47. The number of hydrogen-bond donors (Lipinski definition) is 0. The first kappa shape index (κ1) is 15.3. The van der Waals surface area contributed by atoms with Crippen LogP contribution in [0.15, 0.2) is 34.9 Å². The molecule has 102 valence electrons. The Morgan fingerprint density at radius 3 is 2.28 bits per heavy atom. The summed E-state index contributed by atoms with van der Waals surface area (Å²) in [5.41, 5.74) is 5.13. The predicted octanol–water partition coefficient (Wildman–Crippen LogP) is 6.06. The van der Waals surface area contributed by atoms with Crippen LogP contribution in [0, 0.1) is 10.8 Å². The van der Waals surface area contributed by atoms with Crippen LogP contribution in [0.4, 0.5) is 0 Å². The quantitative estimate of drug-likeness (QED) is 0.519. The fourth-order valence-electron chi connectivity index (χ4n) is 2.96. The normalized spacial score (nSPS) is 21.8. The Kier molecular flexibility index (Phi) is 4.64. The van der Waals surface area contributed by atoms with Crippen molar-refractivity contribution in [1.29, 1.82) is 0 Å². The first-order valence-electron chi connectivity index (χ1n) is 7.23. The van der Waals surface area contributed by atoms with Crippen LogP contribution < -0.4 is 0 Å². The van der Waals surface area contributed by atoms with Gasteiger partial charge in [-0.3, -0.25) is 0 Å². The van der Waals surface area contributed by atoms with Gasteiger partial charge in [-0.25, -0.2) is 0 Å². The summed E-state index contributed by atoms with van der Waals surface area (Å²) >= 11 is 0. The highest BCUT2D eigenvalue weighted by Gasteiger charge is 2.26. The van der Waals surface area contributed by atoms with Crippen LogP contribution in [0.5, 0.6) is 0 Å². The van der Waals surface area contributed by atoms with Crippen molar-refractivity contribution < 1.29 is 0 Å². The van der Waals surface area contributed by atoms with Crippen molar-refractivity contribution in [2.45, 2.75) is 67.7 Å². The van der Waals surface area contributed by atoms with Crippen LogP contribution in [-0.4, -0.2) is 0 Å². The third-order valence-corrected chi connectivity index (χ3v) is 4.15. The zero-order chi connectivity index (χ0) is 14.0. The van der Waals surface area contributed by atoms with Crippen LogP contribution in [-0.2, 0) is 0 Å². The molecule has 0 nitrogen and oxygen atoms in total. The summed E-state index contributed by atoms with van der Waals surface area (Å²) in [7, 11) is 0. The molecular weight excluding hydrogens is 216 g/mol. The minimum Gasteiger partial charge on any atom is -0.0839 e. The van der Waals surface area contributed by atoms with Crippen molar-refractivity contribution in [3.8, 4) is 0 Å². The van der Waals surface area contributed by atoms with Crippen molar-refractivity contribution in [3.05, 3.63) is 34.9 Å². The topological polar surface area (TPSA) is 0 Å². The lowest BCUT2D eigenvalue weighted by Crippen LogP contribution is -2.19. The van der Waals surface area contributed by atoms with Gasteiger partial charge in [0.25, 0.3) is 0 Å². The fourth-order valence-corrected chi connectivity index (χ4v) is 2.96.